The molecule has 0 atom stereocenters. The molecule has 2 N–H and O–H groups in total. The number of methoxy groups -OCH3 is 1. The van der Waals surface area contributed by atoms with E-state index in [4.69, 9.17) is 11.6 Å². The number of ether oxygens (including phenoxy) is 1. The van der Waals surface area contributed by atoms with Gasteiger partial charge < -0.3 is 15.4 Å². The van der Waals surface area contributed by atoms with Crippen molar-refractivity contribution in [2.45, 2.75) is 6.54 Å². The number of nitrogens with zero attached hydrogens (tertiary/aromatic N) is 3. The first kappa shape index (κ1) is 19.2. The Hall–Kier alpha value is -3.52. The van der Waals surface area contributed by atoms with E-state index >= 15 is 0 Å². The second kappa shape index (κ2) is 8.92. The molecule has 2 heterocycles. The van der Waals surface area contributed by atoms with E-state index in [9.17, 15) is 9.59 Å². The Morgan fingerprint density at radius 2 is 1.86 bits per heavy atom. The van der Waals surface area contributed by atoms with Crippen molar-refractivity contribution in [1.82, 2.24) is 20.3 Å². The van der Waals surface area contributed by atoms with Crippen molar-refractivity contribution in [1.29, 1.82) is 0 Å². The summed E-state index contributed by atoms with van der Waals surface area (Å²) in [6.45, 7) is 0.301. The standard InChI is InChI=1S/C19H16ClN5O3/c1-28-18(27)12-5-6-15(20)16(8-12)25-19-23-9-13(10-24-19)17(26)22-11-14-4-2-3-7-21-14/h2-10H,11H2,1H3,(H,22,26)(H,23,24,25). The van der Waals surface area contributed by atoms with Gasteiger partial charge in [-0.3, -0.25) is 9.78 Å². The van der Waals surface area contributed by atoms with Gasteiger partial charge in [-0.15, -0.1) is 0 Å². The highest BCUT2D eigenvalue weighted by Gasteiger charge is 2.11. The average molecular weight is 398 g/mol. The number of rotatable bonds is 6. The highest BCUT2D eigenvalue weighted by Crippen LogP contribution is 2.25. The van der Waals surface area contributed by atoms with Gasteiger partial charge in [0.1, 0.15) is 0 Å². The monoisotopic (exact) mass is 397 g/mol. The Labute approximate surface area is 166 Å². The number of carbonyl (C=O) groups excluding carboxylic acids is 2. The van der Waals surface area contributed by atoms with E-state index in [0.717, 1.165) is 5.69 Å². The maximum atomic E-state index is 12.2. The largest absolute Gasteiger partial charge is 0.465 e. The van der Waals surface area contributed by atoms with Crippen LogP contribution in [0.25, 0.3) is 0 Å². The summed E-state index contributed by atoms with van der Waals surface area (Å²) < 4.78 is 4.69. The Morgan fingerprint density at radius 1 is 1.07 bits per heavy atom. The van der Waals surface area contributed by atoms with E-state index in [0.29, 0.717) is 28.4 Å². The summed E-state index contributed by atoms with van der Waals surface area (Å²) in [7, 11) is 1.30. The Balaban J connectivity index is 1.66. The number of nitrogens with one attached hydrogen (secondary N) is 2. The molecule has 28 heavy (non-hydrogen) atoms. The van der Waals surface area contributed by atoms with Crippen LogP contribution in [0.2, 0.25) is 5.02 Å². The van der Waals surface area contributed by atoms with E-state index in [1.165, 1.54) is 25.6 Å². The molecule has 3 rings (SSSR count). The molecule has 2 aromatic heterocycles. The fourth-order valence-electron chi connectivity index (χ4n) is 2.27. The van der Waals surface area contributed by atoms with Gasteiger partial charge in [-0.1, -0.05) is 17.7 Å². The van der Waals surface area contributed by atoms with Crippen molar-refractivity contribution in [3.63, 3.8) is 0 Å². The number of hydrogen-bond donors (Lipinski definition) is 2. The van der Waals surface area contributed by atoms with Crippen LogP contribution in [-0.2, 0) is 11.3 Å². The Morgan fingerprint density at radius 3 is 2.54 bits per heavy atom. The van der Waals surface area contributed by atoms with Crippen molar-refractivity contribution in [2.75, 3.05) is 12.4 Å². The van der Waals surface area contributed by atoms with Crippen LogP contribution in [0.1, 0.15) is 26.4 Å². The lowest BCUT2D eigenvalue weighted by atomic mass is 10.2. The third kappa shape index (κ3) is 4.80. The molecule has 0 fully saturated rings. The van der Waals surface area contributed by atoms with Crippen molar-refractivity contribution < 1.29 is 14.3 Å². The van der Waals surface area contributed by atoms with Crippen molar-refractivity contribution in [3.8, 4) is 0 Å². The predicted octanol–water partition coefficient (Wildman–Crippen LogP) is 2.99. The quantitative estimate of drug-likeness (QED) is 0.616. The van der Waals surface area contributed by atoms with Crippen LogP contribution in [0, 0.1) is 0 Å². The first-order valence-corrected chi connectivity index (χ1v) is 8.59. The van der Waals surface area contributed by atoms with E-state index < -0.39 is 5.97 Å². The number of pyridine rings is 1. The summed E-state index contributed by atoms with van der Waals surface area (Å²) in [5.41, 5.74) is 1.82. The maximum Gasteiger partial charge on any atom is 0.337 e. The third-order valence-electron chi connectivity index (χ3n) is 3.70. The number of carbonyl (C=O) groups is 2. The van der Waals surface area contributed by atoms with E-state index in [-0.39, 0.29) is 11.9 Å². The molecule has 0 aliphatic carbocycles. The lowest BCUT2D eigenvalue weighted by Gasteiger charge is -2.09. The van der Waals surface area contributed by atoms with Gasteiger partial charge in [0, 0.05) is 18.6 Å². The fraction of sp³-hybridized carbons (Fsp3) is 0.105. The summed E-state index contributed by atoms with van der Waals surface area (Å²) in [6.07, 6.45) is 4.44. The summed E-state index contributed by atoms with van der Waals surface area (Å²) in [5, 5.41) is 6.04. The zero-order chi connectivity index (χ0) is 19.9. The lowest BCUT2D eigenvalue weighted by molar-refractivity contribution is 0.0600. The van der Waals surface area contributed by atoms with Crippen molar-refractivity contribution in [2.24, 2.45) is 0 Å². The second-order valence-electron chi connectivity index (χ2n) is 5.61. The van der Waals surface area contributed by atoms with Gasteiger partial charge in [0.05, 0.1) is 41.2 Å². The van der Waals surface area contributed by atoms with E-state index in [1.807, 2.05) is 12.1 Å². The summed E-state index contributed by atoms with van der Waals surface area (Å²) in [6, 6.07) is 10.1. The van der Waals surface area contributed by atoms with Crippen LogP contribution in [0.3, 0.4) is 0 Å². The molecule has 0 aliphatic rings. The molecule has 3 aromatic rings. The van der Waals surface area contributed by atoms with Crippen LogP contribution in [0.15, 0.2) is 55.0 Å². The summed E-state index contributed by atoms with van der Waals surface area (Å²) >= 11 is 6.13. The minimum Gasteiger partial charge on any atom is -0.465 e. The molecular weight excluding hydrogens is 382 g/mol. The Kier molecular flexibility index (Phi) is 6.13. The van der Waals surface area contributed by atoms with Gasteiger partial charge in [-0.25, -0.2) is 14.8 Å². The molecule has 0 spiro atoms. The number of anilines is 2. The van der Waals surface area contributed by atoms with Crippen molar-refractivity contribution >= 4 is 35.1 Å². The lowest BCUT2D eigenvalue weighted by Crippen LogP contribution is -2.23. The zero-order valence-corrected chi connectivity index (χ0v) is 15.6. The van der Waals surface area contributed by atoms with Gasteiger partial charge >= 0.3 is 5.97 Å². The smallest absolute Gasteiger partial charge is 0.337 e. The number of esters is 1. The van der Waals surface area contributed by atoms with Crippen LogP contribution in [-0.4, -0.2) is 33.9 Å². The van der Waals surface area contributed by atoms with Crippen LogP contribution in [0.5, 0.6) is 0 Å². The predicted molar refractivity (Wildman–Crippen MR) is 104 cm³/mol. The molecular formula is C19H16ClN5O3. The minimum atomic E-state index is -0.486. The third-order valence-corrected chi connectivity index (χ3v) is 4.03. The molecule has 0 radical (unpaired) electrons. The minimum absolute atomic E-state index is 0.227. The number of halogens is 1. The second-order valence-corrected chi connectivity index (χ2v) is 6.02. The van der Waals surface area contributed by atoms with E-state index in [2.05, 4.69) is 30.3 Å². The maximum absolute atomic E-state index is 12.2. The topological polar surface area (TPSA) is 106 Å². The number of benzene rings is 1. The molecule has 1 amide bonds. The molecule has 0 bridgehead atoms. The molecule has 142 valence electrons. The van der Waals surface area contributed by atoms with Crippen LogP contribution < -0.4 is 10.6 Å². The Bertz CT molecular complexity index is 981. The van der Waals surface area contributed by atoms with Crippen LogP contribution in [0.4, 0.5) is 11.6 Å². The summed E-state index contributed by atoms with van der Waals surface area (Å²) in [4.78, 5) is 36.2. The first-order valence-electron chi connectivity index (χ1n) is 8.22. The number of aromatic nitrogens is 3. The van der Waals surface area contributed by atoms with E-state index in [1.54, 1.807) is 24.4 Å². The van der Waals surface area contributed by atoms with Crippen LogP contribution >= 0.6 is 11.6 Å². The summed E-state index contributed by atoms with van der Waals surface area (Å²) in [5.74, 6) is -0.575. The van der Waals surface area contributed by atoms with Gasteiger partial charge in [-0.05, 0) is 30.3 Å². The fourth-order valence-corrected chi connectivity index (χ4v) is 2.44. The average Bonchev–Trinajstić information content (AvgIpc) is 2.74. The van der Waals surface area contributed by atoms with Crippen molar-refractivity contribution in [3.05, 3.63) is 76.8 Å². The van der Waals surface area contributed by atoms with Gasteiger partial charge in [0.2, 0.25) is 5.95 Å². The van der Waals surface area contributed by atoms with Gasteiger partial charge in [0.15, 0.2) is 0 Å². The normalized spacial score (nSPS) is 10.2. The van der Waals surface area contributed by atoms with Gasteiger partial charge in [-0.2, -0.15) is 0 Å². The SMILES string of the molecule is COC(=O)c1ccc(Cl)c(Nc2ncc(C(=O)NCc3ccccn3)cn2)c1. The zero-order valence-electron chi connectivity index (χ0n) is 14.8. The van der Waals surface area contributed by atoms with Gasteiger partial charge in [0.25, 0.3) is 5.91 Å². The highest BCUT2D eigenvalue weighted by atomic mass is 35.5. The molecule has 9 heteroatoms. The molecule has 0 aliphatic heterocycles. The first-order chi connectivity index (χ1) is 13.6. The number of hydrogen-bond acceptors (Lipinski definition) is 7. The number of amides is 1. The molecule has 0 unspecified atom stereocenters. The molecule has 0 saturated carbocycles. The highest BCUT2D eigenvalue weighted by molar-refractivity contribution is 6.33. The molecule has 0 saturated heterocycles. The molecule has 8 nitrogen and oxygen atoms in total. The molecule has 1 aromatic carbocycles.